The summed E-state index contributed by atoms with van der Waals surface area (Å²) in [5, 5.41) is 14.0. The number of carbonyl (C=O) groups excluding carboxylic acids is 1. The Morgan fingerprint density at radius 1 is 1.26 bits per heavy atom. The standard InChI is InChI=1S/C15H22N2O2/c1-13-7-3-4-8-14(13)9-11-17-15(19)16-10-5-2-6-12-18/h3-4,7-9,11,18H,2,5-6,10,12H2,1H3,(H2,16,17,19)/b11-9+. The van der Waals surface area contributed by atoms with Crippen LogP contribution in [0.25, 0.3) is 6.08 Å². The number of aliphatic hydroxyl groups is 1. The predicted molar refractivity (Wildman–Crippen MR) is 77.7 cm³/mol. The molecular formula is C15H22N2O2. The van der Waals surface area contributed by atoms with Gasteiger partial charge in [-0.2, -0.15) is 0 Å². The van der Waals surface area contributed by atoms with Crippen molar-refractivity contribution in [2.45, 2.75) is 26.2 Å². The van der Waals surface area contributed by atoms with Gasteiger partial charge in [0.1, 0.15) is 0 Å². The van der Waals surface area contributed by atoms with Crippen molar-refractivity contribution in [1.82, 2.24) is 10.6 Å². The number of nitrogens with one attached hydrogen (secondary N) is 2. The molecule has 0 aliphatic heterocycles. The number of carbonyl (C=O) groups is 1. The van der Waals surface area contributed by atoms with Crippen LogP contribution in [0.15, 0.2) is 30.5 Å². The molecule has 4 heteroatoms. The van der Waals surface area contributed by atoms with Crippen LogP contribution in [0.1, 0.15) is 30.4 Å². The molecule has 2 amide bonds. The zero-order valence-corrected chi connectivity index (χ0v) is 11.4. The molecule has 0 aliphatic carbocycles. The molecule has 3 N–H and O–H groups in total. The van der Waals surface area contributed by atoms with Crippen LogP contribution in [0.5, 0.6) is 0 Å². The third kappa shape index (κ3) is 6.62. The molecular weight excluding hydrogens is 240 g/mol. The smallest absolute Gasteiger partial charge is 0.318 e. The highest BCUT2D eigenvalue weighted by Gasteiger charge is 1.96. The summed E-state index contributed by atoms with van der Waals surface area (Å²) in [5.41, 5.74) is 2.26. The number of rotatable bonds is 7. The zero-order valence-electron chi connectivity index (χ0n) is 11.4. The molecule has 0 saturated heterocycles. The summed E-state index contributed by atoms with van der Waals surface area (Å²) < 4.78 is 0. The summed E-state index contributed by atoms with van der Waals surface area (Å²) in [5.74, 6) is 0. The van der Waals surface area contributed by atoms with Gasteiger partial charge >= 0.3 is 6.03 Å². The number of hydrogen-bond acceptors (Lipinski definition) is 2. The molecule has 0 atom stereocenters. The van der Waals surface area contributed by atoms with Crippen molar-refractivity contribution in [2.75, 3.05) is 13.2 Å². The van der Waals surface area contributed by atoms with E-state index in [0.717, 1.165) is 24.8 Å². The maximum Gasteiger partial charge on any atom is 0.318 e. The van der Waals surface area contributed by atoms with Crippen LogP contribution in [0.3, 0.4) is 0 Å². The van der Waals surface area contributed by atoms with Crippen molar-refractivity contribution >= 4 is 12.1 Å². The summed E-state index contributed by atoms with van der Waals surface area (Å²) in [7, 11) is 0. The first-order valence-corrected chi connectivity index (χ1v) is 6.61. The second-order valence-corrected chi connectivity index (χ2v) is 4.37. The lowest BCUT2D eigenvalue weighted by Crippen LogP contribution is -2.32. The summed E-state index contributed by atoms with van der Waals surface area (Å²) in [6.45, 7) is 2.87. The van der Waals surface area contributed by atoms with Gasteiger partial charge < -0.3 is 15.7 Å². The molecule has 4 nitrogen and oxygen atoms in total. The normalized spacial score (nSPS) is 10.6. The van der Waals surface area contributed by atoms with Crippen LogP contribution in [-0.2, 0) is 0 Å². The molecule has 0 radical (unpaired) electrons. The van der Waals surface area contributed by atoms with Crippen molar-refractivity contribution in [3.63, 3.8) is 0 Å². The number of aliphatic hydroxyl groups excluding tert-OH is 1. The fourth-order valence-corrected chi connectivity index (χ4v) is 1.65. The first-order chi connectivity index (χ1) is 9.24. The fraction of sp³-hybridized carbons (Fsp3) is 0.400. The largest absolute Gasteiger partial charge is 0.396 e. The average molecular weight is 262 g/mol. The number of urea groups is 1. The van der Waals surface area contributed by atoms with Crippen molar-refractivity contribution in [2.24, 2.45) is 0 Å². The molecule has 104 valence electrons. The van der Waals surface area contributed by atoms with Gasteiger partial charge in [0.25, 0.3) is 0 Å². The van der Waals surface area contributed by atoms with E-state index >= 15 is 0 Å². The summed E-state index contributed by atoms with van der Waals surface area (Å²) in [4.78, 5) is 11.4. The third-order valence-corrected chi connectivity index (χ3v) is 2.79. The van der Waals surface area contributed by atoms with Crippen LogP contribution in [0.2, 0.25) is 0 Å². The number of unbranched alkanes of at least 4 members (excludes halogenated alkanes) is 2. The molecule has 1 rings (SSSR count). The zero-order chi connectivity index (χ0) is 13.9. The number of hydrogen-bond donors (Lipinski definition) is 3. The molecule has 0 unspecified atom stereocenters. The molecule has 0 aliphatic rings. The van der Waals surface area contributed by atoms with Gasteiger partial charge in [-0.1, -0.05) is 24.3 Å². The molecule has 0 saturated carbocycles. The van der Waals surface area contributed by atoms with Crippen molar-refractivity contribution in [1.29, 1.82) is 0 Å². The van der Waals surface area contributed by atoms with Crippen LogP contribution in [0.4, 0.5) is 4.79 Å². The first-order valence-electron chi connectivity index (χ1n) is 6.61. The summed E-state index contributed by atoms with van der Waals surface area (Å²) in [6.07, 6.45) is 6.12. The van der Waals surface area contributed by atoms with E-state index in [4.69, 9.17) is 5.11 Å². The lowest BCUT2D eigenvalue weighted by molar-refractivity contribution is 0.243. The minimum Gasteiger partial charge on any atom is -0.396 e. The van der Waals surface area contributed by atoms with Crippen LogP contribution in [-0.4, -0.2) is 24.3 Å². The van der Waals surface area contributed by atoms with Crippen LogP contribution >= 0.6 is 0 Å². The van der Waals surface area contributed by atoms with Crippen LogP contribution < -0.4 is 10.6 Å². The van der Waals surface area contributed by atoms with E-state index in [-0.39, 0.29) is 12.6 Å². The van der Waals surface area contributed by atoms with E-state index in [9.17, 15) is 4.79 Å². The quantitative estimate of drug-likeness (QED) is 0.661. The van der Waals surface area contributed by atoms with Gasteiger partial charge in [0, 0.05) is 19.4 Å². The van der Waals surface area contributed by atoms with Gasteiger partial charge in [0.05, 0.1) is 0 Å². The monoisotopic (exact) mass is 262 g/mol. The summed E-state index contributed by atoms with van der Waals surface area (Å²) in [6, 6.07) is 7.78. The Balaban J connectivity index is 2.21. The van der Waals surface area contributed by atoms with Crippen molar-refractivity contribution in [3.8, 4) is 0 Å². The van der Waals surface area contributed by atoms with Gasteiger partial charge in [0.15, 0.2) is 0 Å². The minimum absolute atomic E-state index is 0.200. The molecule has 0 spiro atoms. The van der Waals surface area contributed by atoms with Gasteiger partial charge in [-0.15, -0.1) is 0 Å². The van der Waals surface area contributed by atoms with E-state index in [1.165, 1.54) is 5.56 Å². The number of amides is 2. The van der Waals surface area contributed by atoms with Crippen LogP contribution in [0, 0.1) is 6.92 Å². The molecule has 1 aromatic carbocycles. The minimum atomic E-state index is -0.200. The van der Waals surface area contributed by atoms with Gasteiger partial charge in [-0.05, 0) is 43.4 Å². The Bertz CT molecular complexity index is 416. The lowest BCUT2D eigenvalue weighted by atomic mass is 10.1. The first kappa shape index (κ1) is 15.2. The Morgan fingerprint density at radius 3 is 2.79 bits per heavy atom. The van der Waals surface area contributed by atoms with Gasteiger partial charge in [-0.3, -0.25) is 0 Å². The second kappa shape index (κ2) is 9.16. The number of benzene rings is 1. The van der Waals surface area contributed by atoms with E-state index in [2.05, 4.69) is 10.6 Å². The molecule has 0 heterocycles. The Hall–Kier alpha value is -1.81. The molecule has 0 bridgehead atoms. The SMILES string of the molecule is Cc1ccccc1/C=C/NC(=O)NCCCCCO. The third-order valence-electron chi connectivity index (χ3n) is 2.79. The van der Waals surface area contributed by atoms with Crippen molar-refractivity contribution < 1.29 is 9.90 Å². The summed E-state index contributed by atoms with van der Waals surface area (Å²) >= 11 is 0. The van der Waals surface area contributed by atoms with E-state index in [1.54, 1.807) is 6.20 Å². The average Bonchev–Trinajstić information content (AvgIpc) is 2.41. The second-order valence-electron chi connectivity index (χ2n) is 4.37. The topological polar surface area (TPSA) is 61.4 Å². The molecule has 1 aromatic rings. The Kier molecular flexibility index (Phi) is 7.35. The van der Waals surface area contributed by atoms with Gasteiger partial charge in [-0.25, -0.2) is 4.79 Å². The highest BCUT2D eigenvalue weighted by molar-refractivity contribution is 5.75. The number of aryl methyl sites for hydroxylation is 1. The lowest BCUT2D eigenvalue weighted by Gasteiger charge is -2.04. The fourth-order valence-electron chi connectivity index (χ4n) is 1.65. The predicted octanol–water partition coefficient (Wildman–Crippen LogP) is 2.43. The Labute approximate surface area is 114 Å². The van der Waals surface area contributed by atoms with E-state index in [1.807, 2.05) is 37.3 Å². The van der Waals surface area contributed by atoms with E-state index < -0.39 is 0 Å². The van der Waals surface area contributed by atoms with E-state index in [0.29, 0.717) is 6.54 Å². The maximum atomic E-state index is 11.4. The molecule has 19 heavy (non-hydrogen) atoms. The maximum absolute atomic E-state index is 11.4. The Morgan fingerprint density at radius 2 is 2.05 bits per heavy atom. The molecule has 0 fully saturated rings. The van der Waals surface area contributed by atoms with Crippen molar-refractivity contribution in [3.05, 3.63) is 41.6 Å². The highest BCUT2D eigenvalue weighted by atomic mass is 16.2. The highest BCUT2D eigenvalue weighted by Crippen LogP contribution is 2.07. The molecule has 0 aromatic heterocycles. The van der Waals surface area contributed by atoms with Gasteiger partial charge in [0.2, 0.25) is 0 Å².